The lowest BCUT2D eigenvalue weighted by Gasteiger charge is -2.23. The molecule has 2 N–H and O–H groups in total. The van der Waals surface area contributed by atoms with Gasteiger partial charge in [-0.15, -0.1) is 11.8 Å². The number of hydrogen-bond donors (Lipinski definition) is 2. The number of carbonyl (C=O) groups excluding carboxylic acids is 2. The summed E-state index contributed by atoms with van der Waals surface area (Å²) in [6.45, 7) is 1.70. The molecule has 2 aromatic carbocycles. The van der Waals surface area contributed by atoms with Crippen LogP contribution < -0.4 is 10.6 Å². The number of thioether (sulfide) groups is 1. The molecule has 0 heterocycles. The maximum absolute atomic E-state index is 13.6. The number of likely N-dealkylation sites (N-methyl/N-ethyl adjacent to an activating group) is 1. The molecule has 5 nitrogen and oxygen atoms in total. The second-order valence-electron chi connectivity index (χ2n) is 5.81. The first-order valence-corrected chi connectivity index (χ1v) is 9.33. The molecule has 0 spiro atoms. The highest BCUT2D eigenvalue weighted by Gasteiger charge is 2.21. The van der Waals surface area contributed by atoms with E-state index < -0.39 is 11.9 Å². The van der Waals surface area contributed by atoms with Crippen LogP contribution in [-0.4, -0.2) is 42.6 Å². The van der Waals surface area contributed by atoms with E-state index >= 15 is 0 Å². The Kier molecular flexibility index (Phi) is 7.17. The third-order valence-corrected chi connectivity index (χ3v) is 4.74. The molecule has 0 saturated carbocycles. The highest BCUT2D eigenvalue weighted by molar-refractivity contribution is 7.98. The Labute approximate surface area is 157 Å². The Bertz CT molecular complexity index is 785. The monoisotopic (exact) mass is 375 g/mol. The summed E-state index contributed by atoms with van der Waals surface area (Å²) in [7, 11) is 1.67. The summed E-state index contributed by atoms with van der Waals surface area (Å²) in [5.74, 6) is -1.10. The van der Waals surface area contributed by atoms with Crippen molar-refractivity contribution in [3.8, 4) is 0 Å². The van der Waals surface area contributed by atoms with Crippen molar-refractivity contribution in [2.45, 2.75) is 17.9 Å². The van der Waals surface area contributed by atoms with E-state index in [1.54, 1.807) is 42.8 Å². The van der Waals surface area contributed by atoms with Gasteiger partial charge in [-0.2, -0.15) is 0 Å². The maximum atomic E-state index is 13.6. The molecule has 0 fully saturated rings. The Morgan fingerprint density at radius 2 is 1.69 bits per heavy atom. The average Bonchev–Trinajstić information content (AvgIpc) is 2.63. The zero-order valence-electron chi connectivity index (χ0n) is 15.0. The molecule has 0 radical (unpaired) electrons. The summed E-state index contributed by atoms with van der Waals surface area (Å²) in [6.07, 6.45) is 1.94. The van der Waals surface area contributed by atoms with E-state index in [0.29, 0.717) is 0 Å². The van der Waals surface area contributed by atoms with Crippen LogP contribution in [0.2, 0.25) is 0 Å². The first-order chi connectivity index (χ1) is 12.4. The molecule has 0 aliphatic carbocycles. The molecular weight excluding hydrogens is 353 g/mol. The predicted octanol–water partition coefficient (Wildman–Crippen LogP) is 3.45. The summed E-state index contributed by atoms with van der Waals surface area (Å²) in [5, 5.41) is 5.39. The minimum atomic E-state index is -0.601. The number of halogens is 1. The molecule has 138 valence electrons. The van der Waals surface area contributed by atoms with Crippen LogP contribution >= 0.6 is 11.8 Å². The van der Waals surface area contributed by atoms with Gasteiger partial charge in [-0.3, -0.25) is 14.5 Å². The molecule has 2 amide bonds. The molecule has 0 aliphatic rings. The van der Waals surface area contributed by atoms with E-state index in [9.17, 15) is 14.0 Å². The molecule has 2 aromatic rings. The molecule has 0 bridgehead atoms. The van der Waals surface area contributed by atoms with Gasteiger partial charge in [0.1, 0.15) is 5.82 Å². The second-order valence-corrected chi connectivity index (χ2v) is 6.66. The fourth-order valence-electron chi connectivity index (χ4n) is 2.30. The predicted molar refractivity (Wildman–Crippen MR) is 104 cm³/mol. The van der Waals surface area contributed by atoms with Gasteiger partial charge in [-0.05, 0) is 44.5 Å². The molecule has 26 heavy (non-hydrogen) atoms. The Morgan fingerprint density at radius 1 is 1.08 bits per heavy atom. The zero-order chi connectivity index (χ0) is 19.1. The zero-order valence-corrected chi connectivity index (χ0v) is 15.8. The number of nitrogens with one attached hydrogen (secondary N) is 2. The number of hydrogen-bond acceptors (Lipinski definition) is 4. The maximum Gasteiger partial charge on any atom is 0.241 e. The van der Waals surface area contributed by atoms with Crippen molar-refractivity contribution in [3.63, 3.8) is 0 Å². The van der Waals surface area contributed by atoms with Crippen molar-refractivity contribution < 1.29 is 14.0 Å². The molecule has 1 atom stereocenters. The number of benzene rings is 2. The van der Waals surface area contributed by atoms with E-state index in [1.165, 1.54) is 12.1 Å². The number of anilines is 2. The molecular formula is C19H22FN3O2S. The van der Waals surface area contributed by atoms with Crippen molar-refractivity contribution in [2.75, 3.05) is 30.5 Å². The van der Waals surface area contributed by atoms with Gasteiger partial charge >= 0.3 is 0 Å². The van der Waals surface area contributed by atoms with Crippen LogP contribution in [0.25, 0.3) is 0 Å². The van der Waals surface area contributed by atoms with Gasteiger partial charge < -0.3 is 10.6 Å². The Balaban J connectivity index is 1.93. The van der Waals surface area contributed by atoms with Crippen LogP contribution in [-0.2, 0) is 9.59 Å². The Hall–Kier alpha value is -2.38. The second kappa shape index (κ2) is 9.35. The van der Waals surface area contributed by atoms with E-state index in [4.69, 9.17) is 0 Å². The van der Waals surface area contributed by atoms with Crippen LogP contribution in [0.1, 0.15) is 6.92 Å². The van der Waals surface area contributed by atoms with Crippen LogP contribution in [0.4, 0.5) is 15.8 Å². The highest BCUT2D eigenvalue weighted by atomic mass is 32.2. The van der Waals surface area contributed by atoms with Gasteiger partial charge in [-0.25, -0.2) is 4.39 Å². The third-order valence-electron chi connectivity index (χ3n) is 3.95. The van der Waals surface area contributed by atoms with Crippen molar-refractivity contribution in [3.05, 3.63) is 54.3 Å². The van der Waals surface area contributed by atoms with Gasteiger partial charge in [0, 0.05) is 4.90 Å². The van der Waals surface area contributed by atoms with Crippen molar-refractivity contribution in [1.29, 1.82) is 0 Å². The normalized spacial score (nSPS) is 11.9. The van der Waals surface area contributed by atoms with Gasteiger partial charge in [0.05, 0.1) is 24.0 Å². The average molecular weight is 375 g/mol. The molecule has 0 saturated heterocycles. The molecule has 2 rings (SSSR count). The van der Waals surface area contributed by atoms with Gasteiger partial charge in [0.15, 0.2) is 0 Å². The van der Waals surface area contributed by atoms with Gasteiger partial charge in [0.25, 0.3) is 0 Å². The molecule has 0 unspecified atom stereocenters. The van der Waals surface area contributed by atoms with Crippen molar-refractivity contribution in [2.24, 2.45) is 0 Å². The van der Waals surface area contributed by atoms with Gasteiger partial charge in [-0.1, -0.05) is 24.3 Å². The summed E-state index contributed by atoms with van der Waals surface area (Å²) >= 11 is 1.54. The molecule has 7 heteroatoms. The third kappa shape index (κ3) is 5.31. The Morgan fingerprint density at radius 3 is 2.35 bits per heavy atom. The quantitative estimate of drug-likeness (QED) is 0.728. The number of amides is 2. The lowest BCUT2D eigenvalue weighted by molar-refractivity contribution is -0.122. The van der Waals surface area contributed by atoms with Crippen LogP contribution in [0.15, 0.2) is 53.4 Å². The van der Waals surface area contributed by atoms with Crippen LogP contribution in [0.3, 0.4) is 0 Å². The largest absolute Gasteiger partial charge is 0.324 e. The topological polar surface area (TPSA) is 61.4 Å². The first kappa shape index (κ1) is 19.9. The SMILES string of the molecule is CSc1ccccc1NC(=O)CN(C)[C@H](C)C(=O)Nc1ccccc1F. The first-order valence-electron chi connectivity index (χ1n) is 8.11. The van der Waals surface area contributed by atoms with Crippen LogP contribution in [0, 0.1) is 5.82 Å². The van der Waals surface area contributed by atoms with Crippen molar-refractivity contribution in [1.82, 2.24) is 4.90 Å². The van der Waals surface area contributed by atoms with Gasteiger partial charge in [0.2, 0.25) is 11.8 Å². The summed E-state index contributed by atoms with van der Waals surface area (Å²) in [4.78, 5) is 27.1. The standard InChI is InChI=1S/C19H22FN3O2S/c1-13(19(25)22-15-9-5-4-8-14(15)20)23(2)12-18(24)21-16-10-6-7-11-17(16)26-3/h4-11,13H,12H2,1-3H3,(H,21,24)(H,22,25)/t13-/m1/s1. The summed E-state index contributed by atoms with van der Waals surface area (Å²) < 4.78 is 13.6. The summed E-state index contributed by atoms with van der Waals surface area (Å²) in [5.41, 5.74) is 0.859. The van der Waals surface area contributed by atoms with E-state index in [2.05, 4.69) is 10.6 Å². The number of carbonyl (C=O) groups is 2. The van der Waals surface area contributed by atoms with Crippen LogP contribution in [0.5, 0.6) is 0 Å². The smallest absolute Gasteiger partial charge is 0.241 e. The number of nitrogens with zero attached hydrogens (tertiary/aromatic N) is 1. The van der Waals surface area contributed by atoms with E-state index in [-0.39, 0.29) is 24.0 Å². The minimum Gasteiger partial charge on any atom is -0.324 e. The van der Waals surface area contributed by atoms with E-state index in [0.717, 1.165) is 10.6 Å². The van der Waals surface area contributed by atoms with Crippen molar-refractivity contribution >= 4 is 35.0 Å². The molecule has 0 aliphatic heterocycles. The lowest BCUT2D eigenvalue weighted by atomic mass is 10.2. The fraction of sp³-hybridized carbons (Fsp3) is 0.263. The van der Waals surface area contributed by atoms with E-state index in [1.807, 2.05) is 30.5 Å². The fourth-order valence-corrected chi connectivity index (χ4v) is 2.85. The lowest BCUT2D eigenvalue weighted by Crippen LogP contribution is -2.43. The minimum absolute atomic E-state index is 0.0363. The summed E-state index contributed by atoms with van der Waals surface area (Å²) in [6, 6.07) is 12.9. The number of rotatable bonds is 7. The highest BCUT2D eigenvalue weighted by Crippen LogP contribution is 2.24. The number of para-hydroxylation sites is 2. The molecule has 0 aromatic heterocycles.